The monoisotopic (exact) mass is 641 g/mol. The maximum absolute atomic E-state index is 13.5. The minimum atomic E-state index is -3.87. The van der Waals surface area contributed by atoms with Gasteiger partial charge in [0.15, 0.2) is 5.13 Å². The normalized spacial score (nSPS) is 23.5. The Morgan fingerprint density at radius 2 is 1.72 bits per heavy atom. The van der Waals surface area contributed by atoms with Crippen molar-refractivity contribution >= 4 is 48.7 Å². The summed E-state index contributed by atoms with van der Waals surface area (Å²) in [5.41, 5.74) is 1.76. The second-order valence-electron chi connectivity index (χ2n) is 11.6. The molecule has 2 aromatic carbocycles. The average Bonchev–Trinajstić information content (AvgIpc) is 3.67. The number of nitrogens with one attached hydrogen (secondary N) is 2. The summed E-state index contributed by atoms with van der Waals surface area (Å²) >= 11 is 1.25. The molecule has 1 saturated heterocycles. The van der Waals surface area contributed by atoms with E-state index in [1.165, 1.54) is 23.5 Å². The number of sulfonamides is 1. The van der Waals surface area contributed by atoms with Gasteiger partial charge in [0.2, 0.25) is 5.91 Å². The Balaban J connectivity index is 1.33. The highest BCUT2D eigenvalue weighted by Crippen LogP contribution is 2.47. The predicted octanol–water partition coefficient (Wildman–Crippen LogP) is 5.63. The molecule has 0 bridgehead atoms. The summed E-state index contributed by atoms with van der Waals surface area (Å²) in [5.74, 6) is -0.0448. The van der Waals surface area contributed by atoms with Crippen molar-refractivity contribution in [1.82, 2.24) is 10.3 Å². The summed E-state index contributed by atoms with van der Waals surface area (Å²) in [6.07, 6.45) is 4.54. The van der Waals surface area contributed by atoms with Gasteiger partial charge < -0.3 is 10.2 Å². The Morgan fingerprint density at radius 1 is 1.05 bits per heavy atom. The van der Waals surface area contributed by atoms with E-state index in [9.17, 15) is 27.6 Å². The highest BCUT2D eigenvalue weighted by Gasteiger charge is 2.47. The van der Waals surface area contributed by atoms with Crippen LogP contribution in [0.4, 0.5) is 10.8 Å². The van der Waals surface area contributed by atoms with E-state index in [0.717, 1.165) is 35.4 Å². The Hall–Kier alpha value is -3.15. The van der Waals surface area contributed by atoms with E-state index in [1.807, 2.05) is 24.3 Å². The topological polar surface area (TPSA) is 156 Å². The maximum Gasteiger partial charge on any atom is 0.263 e. The molecule has 1 amide bonds. The molecular weight excluding hydrogens is 607 g/mol. The molecule has 3 fully saturated rings. The van der Waals surface area contributed by atoms with Crippen LogP contribution in [-0.4, -0.2) is 58.5 Å². The first-order valence-electron chi connectivity index (χ1n) is 14.5. The van der Waals surface area contributed by atoms with Gasteiger partial charge in [-0.25, -0.2) is 13.4 Å². The van der Waals surface area contributed by atoms with Crippen molar-refractivity contribution in [2.24, 2.45) is 5.92 Å². The number of aromatic nitrogens is 1. The molecule has 1 aliphatic heterocycles. The Bertz CT molecular complexity index is 1620. The fourth-order valence-electron chi connectivity index (χ4n) is 5.91. The van der Waals surface area contributed by atoms with E-state index in [0.29, 0.717) is 49.6 Å². The lowest BCUT2D eigenvalue weighted by molar-refractivity contribution is -0.127. The first-order chi connectivity index (χ1) is 20.6. The quantitative estimate of drug-likeness (QED) is 0.247. The number of anilines is 2. The number of carbonyl (C=O) groups excluding carboxylic acids is 1. The molecule has 0 unspecified atom stereocenters. The molecule has 0 spiro atoms. The lowest BCUT2D eigenvalue weighted by Crippen LogP contribution is -2.42. The standard InChI is InChI=1S/C30H35N5O5S3/c31-20-30(14-15-30)33-28(36)25-9-5-4-8-24(25)26-27(41-29(32-26)34-43(39,40)23-6-2-1-3-7-23)21-10-12-22(13-11-21)35-16-18-42(37,38)19-17-35/h1-3,6-7,10-13,24-25,37-38H,4-5,8-9,14-19H2,(H,32,34)(H,33,36)/t24-,25-/m1/s1. The number of nitrogens with zero attached hydrogens (tertiary/aromatic N) is 3. The molecule has 6 rings (SSSR count). The average molecular weight is 642 g/mol. The minimum absolute atomic E-state index is 0.136. The number of rotatable bonds is 8. The third-order valence-corrected chi connectivity index (χ3v) is 12.8. The maximum atomic E-state index is 13.5. The number of nitriles is 1. The highest BCUT2D eigenvalue weighted by molar-refractivity contribution is 8.24. The Morgan fingerprint density at radius 3 is 2.37 bits per heavy atom. The van der Waals surface area contributed by atoms with Crippen molar-refractivity contribution < 1.29 is 22.3 Å². The Kier molecular flexibility index (Phi) is 8.16. The van der Waals surface area contributed by atoms with Gasteiger partial charge in [0.25, 0.3) is 10.0 Å². The van der Waals surface area contributed by atoms with Gasteiger partial charge in [-0.05, 0) is 55.5 Å². The largest absolute Gasteiger partial charge is 0.368 e. The second-order valence-corrected chi connectivity index (χ2v) is 16.7. The van der Waals surface area contributed by atoms with E-state index in [2.05, 4.69) is 21.0 Å². The number of hydrogen-bond acceptors (Lipinski definition) is 9. The summed E-state index contributed by atoms with van der Waals surface area (Å²) in [5, 5.41) is 12.8. The zero-order chi connectivity index (χ0) is 30.2. The van der Waals surface area contributed by atoms with Crippen molar-refractivity contribution in [2.75, 3.05) is 34.2 Å². The van der Waals surface area contributed by atoms with Crippen LogP contribution in [-0.2, 0) is 14.8 Å². The van der Waals surface area contributed by atoms with E-state index in [-0.39, 0.29) is 27.8 Å². The van der Waals surface area contributed by atoms with Crippen LogP contribution in [0.15, 0.2) is 59.5 Å². The molecule has 4 N–H and O–H groups in total. The zero-order valence-corrected chi connectivity index (χ0v) is 26.1. The van der Waals surface area contributed by atoms with Crippen molar-refractivity contribution in [3.8, 4) is 16.5 Å². The van der Waals surface area contributed by atoms with Crippen LogP contribution in [0.2, 0.25) is 0 Å². The lowest BCUT2D eigenvalue weighted by Gasteiger charge is -2.41. The Labute approximate surface area is 257 Å². The zero-order valence-electron chi connectivity index (χ0n) is 23.6. The van der Waals surface area contributed by atoms with E-state index in [1.54, 1.807) is 18.2 Å². The van der Waals surface area contributed by atoms with Crippen LogP contribution in [0.3, 0.4) is 0 Å². The third kappa shape index (κ3) is 6.53. The molecule has 2 aliphatic carbocycles. The van der Waals surface area contributed by atoms with E-state index in [4.69, 9.17) is 4.98 Å². The van der Waals surface area contributed by atoms with Gasteiger partial charge in [0.05, 0.1) is 33.0 Å². The van der Waals surface area contributed by atoms with Gasteiger partial charge in [0.1, 0.15) is 5.54 Å². The van der Waals surface area contributed by atoms with Crippen LogP contribution in [0, 0.1) is 17.2 Å². The third-order valence-electron chi connectivity index (χ3n) is 8.58. The summed E-state index contributed by atoms with van der Waals surface area (Å²) in [6, 6.07) is 18.3. The van der Waals surface area contributed by atoms with E-state index < -0.39 is 26.2 Å². The van der Waals surface area contributed by atoms with Crippen LogP contribution >= 0.6 is 21.9 Å². The molecule has 2 saturated carbocycles. The number of thiazole rings is 1. The summed E-state index contributed by atoms with van der Waals surface area (Å²) in [6.45, 7) is 1.11. The van der Waals surface area contributed by atoms with E-state index >= 15 is 0 Å². The molecule has 2 heterocycles. The summed E-state index contributed by atoms with van der Waals surface area (Å²) < 4.78 is 49.0. The minimum Gasteiger partial charge on any atom is -0.368 e. The summed E-state index contributed by atoms with van der Waals surface area (Å²) in [7, 11) is -6.37. The fourth-order valence-corrected chi connectivity index (χ4v) is 9.43. The molecule has 0 radical (unpaired) electrons. The molecule has 10 nitrogen and oxygen atoms in total. The second kappa shape index (κ2) is 11.7. The van der Waals surface area contributed by atoms with Gasteiger partial charge >= 0.3 is 0 Å². The molecule has 13 heteroatoms. The number of carbonyl (C=O) groups is 1. The van der Waals surface area contributed by atoms with Crippen molar-refractivity contribution in [1.29, 1.82) is 5.26 Å². The first kappa shape index (κ1) is 29.9. The van der Waals surface area contributed by atoms with Gasteiger partial charge in [0, 0.05) is 30.6 Å². The van der Waals surface area contributed by atoms with Crippen LogP contribution < -0.4 is 14.9 Å². The smallest absolute Gasteiger partial charge is 0.263 e. The molecule has 228 valence electrons. The number of benzene rings is 2. The van der Waals surface area contributed by atoms with Gasteiger partial charge in [-0.2, -0.15) is 15.9 Å². The van der Waals surface area contributed by atoms with Crippen molar-refractivity contribution in [3.63, 3.8) is 0 Å². The number of amides is 1. The molecule has 43 heavy (non-hydrogen) atoms. The van der Waals surface area contributed by atoms with Gasteiger partial charge in [-0.3, -0.25) is 18.6 Å². The molecule has 1 aromatic heterocycles. The molecule has 2 atom stereocenters. The number of hydrogen-bond donors (Lipinski definition) is 4. The molecule has 3 aromatic rings. The first-order valence-corrected chi connectivity index (χ1v) is 18.7. The predicted molar refractivity (Wildman–Crippen MR) is 170 cm³/mol. The SMILES string of the molecule is N#CC1(NC(=O)[C@@H]2CCCC[C@H]2c2nc(NS(=O)(=O)c3ccccc3)sc2-c2ccc(N3CCS(O)(O)CC3)cc2)CC1. The van der Waals surface area contributed by atoms with Crippen LogP contribution in [0.1, 0.15) is 50.1 Å². The van der Waals surface area contributed by atoms with Crippen molar-refractivity contribution in [3.05, 3.63) is 60.3 Å². The van der Waals surface area contributed by atoms with Crippen LogP contribution in [0.5, 0.6) is 0 Å². The lowest BCUT2D eigenvalue weighted by atomic mass is 9.76. The molecular formula is C30H35N5O5S3. The van der Waals surface area contributed by atoms with Crippen LogP contribution in [0.25, 0.3) is 10.4 Å². The fraction of sp³-hybridized carbons (Fsp3) is 0.433. The van der Waals surface area contributed by atoms with Crippen molar-refractivity contribution in [2.45, 2.75) is 54.9 Å². The highest BCUT2D eigenvalue weighted by atomic mass is 32.3. The summed E-state index contributed by atoms with van der Waals surface area (Å²) in [4.78, 5) is 21.4. The molecule has 3 aliphatic rings. The van der Waals surface area contributed by atoms with Gasteiger partial charge in [-0.15, -0.1) is 0 Å². The van der Waals surface area contributed by atoms with Gasteiger partial charge in [-0.1, -0.05) is 54.5 Å².